The molecule has 146 valence electrons. The van der Waals surface area contributed by atoms with E-state index in [9.17, 15) is 9.59 Å². The molecule has 5 unspecified atom stereocenters. The third-order valence-electron chi connectivity index (χ3n) is 6.87. The van der Waals surface area contributed by atoms with Gasteiger partial charge in [-0.1, -0.05) is 57.5 Å². The van der Waals surface area contributed by atoms with Gasteiger partial charge in [-0.15, -0.1) is 0 Å². The number of hydrogen-bond donors (Lipinski definition) is 0. The average Bonchev–Trinajstić information content (AvgIpc) is 2.66. The molecule has 2 aliphatic rings. The van der Waals surface area contributed by atoms with Crippen LogP contribution in [0.5, 0.6) is 0 Å². The van der Waals surface area contributed by atoms with Crippen molar-refractivity contribution in [3.05, 3.63) is 42.0 Å². The van der Waals surface area contributed by atoms with Crippen LogP contribution in [0.25, 0.3) is 6.08 Å². The van der Waals surface area contributed by atoms with E-state index < -0.39 is 0 Å². The lowest BCUT2D eigenvalue weighted by molar-refractivity contribution is -0.172. The molecule has 0 heterocycles. The Labute approximate surface area is 163 Å². The normalized spacial score (nSPS) is 33.6. The number of benzene rings is 1. The van der Waals surface area contributed by atoms with Crippen LogP contribution in [-0.4, -0.2) is 18.4 Å². The molecule has 0 bridgehead atoms. The maximum Gasteiger partial charge on any atom is 0.331 e. The molecule has 2 saturated carbocycles. The molecule has 2 aliphatic carbocycles. The first-order valence-electron chi connectivity index (χ1n) is 10.3. The van der Waals surface area contributed by atoms with Gasteiger partial charge in [0.2, 0.25) is 0 Å². The smallest absolute Gasteiger partial charge is 0.331 e. The highest BCUT2D eigenvalue weighted by atomic mass is 16.5. The molecule has 5 atom stereocenters. The van der Waals surface area contributed by atoms with E-state index in [0.717, 1.165) is 44.0 Å². The van der Waals surface area contributed by atoms with Crippen molar-refractivity contribution in [3.63, 3.8) is 0 Å². The molecule has 3 rings (SSSR count). The Kier molecular flexibility index (Phi) is 6.18. The third-order valence-corrected chi connectivity index (χ3v) is 6.87. The average molecular weight is 369 g/mol. The van der Waals surface area contributed by atoms with Gasteiger partial charge in [0.15, 0.2) is 0 Å². The van der Waals surface area contributed by atoms with Crippen molar-refractivity contribution >= 4 is 18.3 Å². The zero-order valence-electron chi connectivity index (χ0n) is 16.8. The number of hydrogen-bond acceptors (Lipinski definition) is 3. The quantitative estimate of drug-likeness (QED) is 0.402. The van der Waals surface area contributed by atoms with Crippen molar-refractivity contribution in [3.8, 4) is 0 Å². The summed E-state index contributed by atoms with van der Waals surface area (Å²) < 4.78 is 6.07. The van der Waals surface area contributed by atoms with E-state index in [2.05, 4.69) is 20.8 Å². The maximum absolute atomic E-state index is 12.6. The largest absolute Gasteiger partial charge is 0.459 e. The highest BCUT2D eigenvalue weighted by molar-refractivity contribution is 5.87. The number of carbonyl (C=O) groups is 2. The zero-order valence-corrected chi connectivity index (χ0v) is 16.8. The molecule has 1 aromatic rings. The minimum absolute atomic E-state index is 0.00111. The van der Waals surface area contributed by atoms with E-state index in [1.165, 1.54) is 6.08 Å². The second-order valence-corrected chi connectivity index (χ2v) is 8.96. The predicted molar refractivity (Wildman–Crippen MR) is 108 cm³/mol. The molecule has 0 spiro atoms. The molecule has 27 heavy (non-hydrogen) atoms. The van der Waals surface area contributed by atoms with Crippen molar-refractivity contribution in [1.29, 1.82) is 0 Å². The fraction of sp³-hybridized carbons (Fsp3) is 0.583. The number of ether oxygens (including phenoxy) is 1. The van der Waals surface area contributed by atoms with Crippen LogP contribution in [0.15, 0.2) is 36.4 Å². The van der Waals surface area contributed by atoms with E-state index >= 15 is 0 Å². The summed E-state index contributed by atoms with van der Waals surface area (Å²) in [5, 5.41) is 0. The fourth-order valence-electron chi connectivity index (χ4n) is 5.39. The summed E-state index contributed by atoms with van der Waals surface area (Å²) in [4.78, 5) is 24.5. The summed E-state index contributed by atoms with van der Waals surface area (Å²) in [7, 11) is 0. The van der Waals surface area contributed by atoms with E-state index in [-0.39, 0.29) is 29.3 Å². The SMILES string of the molecule is CC(C)C1CCC2(C)CCCC(C=O)C2C1OC(=O)C=Cc1ccccc1. The summed E-state index contributed by atoms with van der Waals surface area (Å²) in [6, 6.07) is 9.77. The molecule has 0 radical (unpaired) electrons. The number of fused-ring (bicyclic) bond motifs is 1. The van der Waals surface area contributed by atoms with Crippen LogP contribution < -0.4 is 0 Å². The Bertz CT molecular complexity index is 678. The molecular formula is C24H32O3. The van der Waals surface area contributed by atoms with Crippen LogP contribution in [0.4, 0.5) is 0 Å². The first kappa shape index (κ1) is 19.9. The number of rotatable bonds is 5. The standard InChI is InChI=1S/C24H32O3/c1-17(2)20-13-15-24(3)14-7-10-19(16-25)22(24)23(20)27-21(26)12-11-18-8-5-4-6-9-18/h4-6,8-9,11-12,16-17,19-20,22-23H,7,10,13-15H2,1-3H3. The zero-order chi connectivity index (χ0) is 19.4. The van der Waals surface area contributed by atoms with Gasteiger partial charge in [-0.25, -0.2) is 4.79 Å². The number of aldehydes is 1. The fourth-order valence-corrected chi connectivity index (χ4v) is 5.39. The Morgan fingerprint density at radius 3 is 2.59 bits per heavy atom. The molecule has 2 fully saturated rings. The molecule has 3 nitrogen and oxygen atoms in total. The van der Waals surface area contributed by atoms with Crippen molar-refractivity contribution in [1.82, 2.24) is 0 Å². The van der Waals surface area contributed by atoms with Crippen molar-refractivity contribution in [2.45, 2.75) is 59.0 Å². The summed E-state index contributed by atoms with van der Waals surface area (Å²) in [5.41, 5.74) is 1.08. The second kappa shape index (κ2) is 8.41. The Morgan fingerprint density at radius 2 is 1.93 bits per heavy atom. The molecule has 3 heteroatoms. The molecule has 0 aromatic heterocycles. The molecular weight excluding hydrogens is 336 g/mol. The summed E-state index contributed by atoms with van der Waals surface area (Å²) in [6.45, 7) is 6.70. The lowest BCUT2D eigenvalue weighted by Crippen LogP contribution is -2.53. The second-order valence-electron chi connectivity index (χ2n) is 8.96. The first-order valence-corrected chi connectivity index (χ1v) is 10.3. The maximum atomic E-state index is 12.6. The number of carbonyl (C=O) groups excluding carboxylic acids is 2. The molecule has 0 aliphatic heterocycles. The lowest BCUT2D eigenvalue weighted by atomic mass is 9.52. The van der Waals surface area contributed by atoms with Gasteiger partial charge in [0, 0.05) is 17.9 Å². The van der Waals surface area contributed by atoms with E-state index in [4.69, 9.17) is 4.74 Å². The Hall–Kier alpha value is -1.90. The van der Waals surface area contributed by atoms with Gasteiger partial charge in [0.05, 0.1) is 0 Å². The van der Waals surface area contributed by atoms with E-state index in [1.54, 1.807) is 6.08 Å². The van der Waals surface area contributed by atoms with Crippen LogP contribution in [-0.2, 0) is 14.3 Å². The molecule has 0 amide bonds. The van der Waals surface area contributed by atoms with Gasteiger partial charge in [-0.2, -0.15) is 0 Å². The topological polar surface area (TPSA) is 43.4 Å². The van der Waals surface area contributed by atoms with Crippen molar-refractivity contribution < 1.29 is 14.3 Å². The van der Waals surface area contributed by atoms with Gasteiger partial charge in [-0.05, 0) is 54.6 Å². The van der Waals surface area contributed by atoms with Crippen molar-refractivity contribution in [2.24, 2.45) is 29.1 Å². The number of esters is 1. The summed E-state index contributed by atoms with van der Waals surface area (Å²) in [5.74, 6) is 0.589. The minimum Gasteiger partial charge on any atom is -0.459 e. The van der Waals surface area contributed by atoms with Crippen molar-refractivity contribution in [2.75, 3.05) is 0 Å². The Balaban J connectivity index is 1.82. The van der Waals surface area contributed by atoms with E-state index in [1.807, 2.05) is 30.3 Å². The molecule has 1 aromatic carbocycles. The predicted octanol–water partition coefficient (Wildman–Crippen LogP) is 5.30. The minimum atomic E-state index is -0.297. The first-order chi connectivity index (χ1) is 12.9. The van der Waals surface area contributed by atoms with Gasteiger partial charge < -0.3 is 9.53 Å². The summed E-state index contributed by atoms with van der Waals surface area (Å²) >= 11 is 0. The monoisotopic (exact) mass is 368 g/mol. The van der Waals surface area contributed by atoms with Gasteiger partial charge in [0.1, 0.15) is 12.4 Å². The third kappa shape index (κ3) is 4.34. The molecule has 0 N–H and O–H groups in total. The highest BCUT2D eigenvalue weighted by Crippen LogP contribution is 2.55. The molecule has 0 saturated heterocycles. The van der Waals surface area contributed by atoms with Gasteiger partial charge in [-0.3, -0.25) is 0 Å². The van der Waals surface area contributed by atoms with Gasteiger partial charge in [0.25, 0.3) is 0 Å². The Morgan fingerprint density at radius 1 is 1.19 bits per heavy atom. The van der Waals surface area contributed by atoms with Crippen LogP contribution in [0.1, 0.15) is 58.4 Å². The highest BCUT2D eigenvalue weighted by Gasteiger charge is 2.53. The van der Waals surface area contributed by atoms with Crippen LogP contribution in [0.2, 0.25) is 0 Å². The van der Waals surface area contributed by atoms with Gasteiger partial charge >= 0.3 is 5.97 Å². The summed E-state index contributed by atoms with van der Waals surface area (Å²) in [6.07, 6.45) is 9.60. The van der Waals surface area contributed by atoms with Crippen LogP contribution in [0.3, 0.4) is 0 Å². The van der Waals surface area contributed by atoms with Crippen LogP contribution in [0, 0.1) is 29.1 Å². The van der Waals surface area contributed by atoms with Crippen LogP contribution >= 0.6 is 0 Å². The van der Waals surface area contributed by atoms with E-state index in [0.29, 0.717) is 11.8 Å². The lowest BCUT2D eigenvalue weighted by Gasteiger charge is -2.54.